The largest absolute Gasteiger partial charge is 0.318 e. The van der Waals surface area contributed by atoms with Gasteiger partial charge < -0.3 is 4.57 Å². The Balaban J connectivity index is 2.55. The van der Waals surface area contributed by atoms with Crippen LogP contribution in [0.15, 0.2) is 18.9 Å². The molecule has 0 amide bonds. The first kappa shape index (κ1) is 8.10. The molecule has 0 radical (unpaired) electrons. The highest BCUT2D eigenvalue weighted by atomic mass is 16.1. The van der Waals surface area contributed by atoms with E-state index < -0.39 is 0 Å². The highest BCUT2D eigenvalue weighted by Gasteiger charge is 2.10. The monoisotopic (exact) mass is 201 g/mol. The van der Waals surface area contributed by atoms with Crippen LogP contribution in [-0.2, 0) is 7.05 Å². The number of aryl methyl sites for hydroxylation is 1. The van der Waals surface area contributed by atoms with E-state index in [1.807, 2.05) is 11.6 Å². The van der Waals surface area contributed by atoms with E-state index in [0.717, 1.165) is 11.9 Å². The molecule has 0 saturated carbocycles. The summed E-state index contributed by atoms with van der Waals surface area (Å²) < 4.78 is 3.44. The lowest BCUT2D eigenvalue weighted by molar-refractivity contribution is 0.111. The van der Waals surface area contributed by atoms with Crippen LogP contribution in [0.1, 0.15) is 10.5 Å². The fourth-order valence-electron chi connectivity index (χ4n) is 1.60. The fraction of sp³-hybridized carbons (Fsp3) is 0.111. The predicted molar refractivity (Wildman–Crippen MR) is 52.6 cm³/mol. The molecule has 0 aromatic carbocycles. The highest BCUT2D eigenvalue weighted by molar-refractivity contribution is 5.87. The maximum absolute atomic E-state index is 10.7. The Hall–Kier alpha value is -2.24. The molecule has 0 aliphatic carbocycles. The Morgan fingerprint density at radius 1 is 1.20 bits per heavy atom. The van der Waals surface area contributed by atoms with Crippen molar-refractivity contribution < 1.29 is 4.79 Å². The Morgan fingerprint density at radius 3 is 2.87 bits per heavy atom. The first-order valence-electron chi connectivity index (χ1n) is 4.39. The minimum Gasteiger partial charge on any atom is -0.318 e. The molecule has 3 heterocycles. The Bertz CT molecular complexity index is 666. The second kappa shape index (κ2) is 2.63. The molecule has 0 aliphatic heterocycles. The van der Waals surface area contributed by atoms with Crippen LogP contribution in [0.4, 0.5) is 0 Å². The molecule has 0 unspecified atom stereocenters. The number of carbonyl (C=O) groups excluding carboxylic acids is 1. The molecular formula is C9H7N5O. The van der Waals surface area contributed by atoms with Crippen LogP contribution in [0.2, 0.25) is 0 Å². The third-order valence-electron chi connectivity index (χ3n) is 2.36. The molecule has 0 fully saturated rings. The van der Waals surface area contributed by atoms with Crippen LogP contribution in [-0.4, -0.2) is 30.2 Å². The van der Waals surface area contributed by atoms with Gasteiger partial charge in [0.1, 0.15) is 12.0 Å². The second-order valence-electron chi connectivity index (χ2n) is 3.27. The Labute approximate surface area is 84.2 Å². The molecule has 6 heteroatoms. The van der Waals surface area contributed by atoms with E-state index in [1.165, 1.54) is 6.20 Å². The van der Waals surface area contributed by atoms with Gasteiger partial charge in [-0.25, -0.2) is 15.0 Å². The number of hydrogen-bond donors (Lipinski definition) is 0. The summed E-state index contributed by atoms with van der Waals surface area (Å²) in [7, 11) is 1.86. The van der Waals surface area contributed by atoms with Crippen molar-refractivity contribution in [3.63, 3.8) is 0 Å². The first-order chi connectivity index (χ1) is 7.31. The average Bonchev–Trinajstić information content (AvgIpc) is 2.81. The number of aromatic nitrogens is 5. The third kappa shape index (κ3) is 0.927. The van der Waals surface area contributed by atoms with Gasteiger partial charge >= 0.3 is 0 Å². The molecule has 0 aliphatic rings. The Kier molecular flexibility index (Phi) is 1.42. The molecule has 0 saturated heterocycles. The van der Waals surface area contributed by atoms with E-state index in [9.17, 15) is 4.79 Å². The van der Waals surface area contributed by atoms with E-state index in [0.29, 0.717) is 16.9 Å². The van der Waals surface area contributed by atoms with Gasteiger partial charge in [-0.2, -0.15) is 0 Å². The second-order valence-corrected chi connectivity index (χ2v) is 3.27. The smallest absolute Gasteiger partial charge is 0.168 e. The lowest BCUT2D eigenvalue weighted by Crippen LogP contribution is -1.95. The lowest BCUT2D eigenvalue weighted by atomic mass is 10.5. The van der Waals surface area contributed by atoms with Crippen molar-refractivity contribution in [1.82, 2.24) is 23.9 Å². The van der Waals surface area contributed by atoms with Crippen LogP contribution in [0.25, 0.3) is 16.8 Å². The van der Waals surface area contributed by atoms with Crippen molar-refractivity contribution in [2.24, 2.45) is 7.05 Å². The molecule has 3 aromatic heterocycles. The summed E-state index contributed by atoms with van der Waals surface area (Å²) in [6.07, 6.45) is 5.51. The SMILES string of the molecule is Cn1cnc2c1ncn1c(C=O)cnc21. The van der Waals surface area contributed by atoms with Crippen molar-refractivity contribution in [1.29, 1.82) is 0 Å². The number of aldehydes is 1. The summed E-state index contributed by atoms with van der Waals surface area (Å²) in [5.74, 6) is 0. The van der Waals surface area contributed by atoms with Gasteiger partial charge in [-0.05, 0) is 0 Å². The van der Waals surface area contributed by atoms with Gasteiger partial charge in [-0.1, -0.05) is 0 Å². The van der Waals surface area contributed by atoms with E-state index in [1.54, 1.807) is 17.1 Å². The fourth-order valence-corrected chi connectivity index (χ4v) is 1.60. The lowest BCUT2D eigenvalue weighted by Gasteiger charge is -1.96. The zero-order valence-electron chi connectivity index (χ0n) is 7.95. The van der Waals surface area contributed by atoms with Gasteiger partial charge in [0.25, 0.3) is 0 Å². The summed E-state index contributed by atoms with van der Waals surface area (Å²) in [6.45, 7) is 0. The minimum absolute atomic E-state index is 0.477. The molecule has 0 spiro atoms. The summed E-state index contributed by atoms with van der Waals surface area (Å²) in [5.41, 5.74) is 2.59. The maximum Gasteiger partial charge on any atom is 0.168 e. The number of nitrogens with zero attached hydrogens (tertiary/aromatic N) is 5. The quantitative estimate of drug-likeness (QED) is 0.535. The molecule has 6 nitrogen and oxygen atoms in total. The zero-order chi connectivity index (χ0) is 10.4. The topological polar surface area (TPSA) is 65.1 Å². The van der Waals surface area contributed by atoms with Gasteiger partial charge in [-0.3, -0.25) is 9.20 Å². The van der Waals surface area contributed by atoms with Crippen LogP contribution in [0.5, 0.6) is 0 Å². The van der Waals surface area contributed by atoms with Crippen LogP contribution < -0.4 is 0 Å². The molecule has 15 heavy (non-hydrogen) atoms. The number of fused-ring (bicyclic) bond motifs is 3. The van der Waals surface area contributed by atoms with Gasteiger partial charge in [0, 0.05) is 7.05 Å². The van der Waals surface area contributed by atoms with Gasteiger partial charge in [0.05, 0.1) is 12.5 Å². The van der Waals surface area contributed by atoms with E-state index in [2.05, 4.69) is 15.0 Å². The number of imidazole rings is 2. The van der Waals surface area contributed by atoms with Crippen molar-refractivity contribution >= 4 is 23.1 Å². The van der Waals surface area contributed by atoms with Gasteiger partial charge in [0.15, 0.2) is 23.1 Å². The van der Waals surface area contributed by atoms with E-state index in [-0.39, 0.29) is 0 Å². The van der Waals surface area contributed by atoms with Gasteiger partial charge in [-0.15, -0.1) is 0 Å². The molecule has 74 valence electrons. The Morgan fingerprint density at radius 2 is 2.07 bits per heavy atom. The minimum atomic E-state index is 0.477. The maximum atomic E-state index is 10.7. The number of carbonyl (C=O) groups is 1. The standard InChI is InChI=1S/C9H7N5O/c1-13-4-11-7-8(13)12-5-14-6(3-15)2-10-9(7)14/h2-5H,1H3. The van der Waals surface area contributed by atoms with Gasteiger partial charge in [0.2, 0.25) is 0 Å². The van der Waals surface area contributed by atoms with Crippen molar-refractivity contribution in [2.75, 3.05) is 0 Å². The highest BCUT2D eigenvalue weighted by Crippen LogP contribution is 2.14. The molecule has 0 bridgehead atoms. The van der Waals surface area contributed by atoms with Crippen LogP contribution in [0, 0.1) is 0 Å². The summed E-state index contributed by atoms with van der Waals surface area (Å²) in [4.78, 5) is 23.3. The normalized spacial score (nSPS) is 11.3. The van der Waals surface area contributed by atoms with E-state index in [4.69, 9.17) is 0 Å². The van der Waals surface area contributed by atoms with Crippen molar-refractivity contribution in [2.45, 2.75) is 0 Å². The first-order valence-corrected chi connectivity index (χ1v) is 4.39. The summed E-state index contributed by atoms with van der Waals surface area (Å²) in [6, 6.07) is 0. The zero-order valence-corrected chi connectivity index (χ0v) is 7.95. The number of rotatable bonds is 1. The molecule has 3 aromatic rings. The molecule has 0 atom stereocenters. The van der Waals surface area contributed by atoms with Crippen molar-refractivity contribution in [3.8, 4) is 0 Å². The molecule has 0 N–H and O–H groups in total. The third-order valence-corrected chi connectivity index (χ3v) is 2.36. The van der Waals surface area contributed by atoms with Crippen LogP contribution >= 0.6 is 0 Å². The summed E-state index contributed by atoms with van der Waals surface area (Å²) in [5, 5.41) is 0. The predicted octanol–water partition coefficient (Wildman–Crippen LogP) is 0.428. The van der Waals surface area contributed by atoms with E-state index >= 15 is 0 Å². The summed E-state index contributed by atoms with van der Waals surface area (Å²) >= 11 is 0. The average molecular weight is 201 g/mol. The van der Waals surface area contributed by atoms with Crippen molar-refractivity contribution in [3.05, 3.63) is 24.5 Å². The molecule has 3 rings (SSSR count). The number of hydrogen-bond acceptors (Lipinski definition) is 4. The van der Waals surface area contributed by atoms with Crippen LogP contribution in [0.3, 0.4) is 0 Å². The molecular weight excluding hydrogens is 194 g/mol.